The van der Waals surface area contributed by atoms with Gasteiger partial charge in [0, 0.05) is 6.42 Å². The van der Waals surface area contributed by atoms with Crippen molar-refractivity contribution >= 4 is 5.97 Å². The predicted octanol–water partition coefficient (Wildman–Crippen LogP) is 0.990. The highest BCUT2D eigenvalue weighted by molar-refractivity contribution is 5.67. The molecule has 1 aromatic heterocycles. The second-order valence-corrected chi connectivity index (χ2v) is 3.52. The van der Waals surface area contributed by atoms with Gasteiger partial charge in [0.05, 0.1) is 18.3 Å². The van der Waals surface area contributed by atoms with Gasteiger partial charge < -0.3 is 10.2 Å². The molecule has 17 heavy (non-hydrogen) atoms. The molecule has 0 aliphatic rings. The number of aryl methyl sites for hydroxylation is 1. The smallest absolute Gasteiger partial charge is 0.303 e. The van der Waals surface area contributed by atoms with Crippen LogP contribution in [0.1, 0.15) is 12.1 Å². The van der Waals surface area contributed by atoms with E-state index >= 15 is 0 Å². The van der Waals surface area contributed by atoms with Crippen LogP contribution in [0.15, 0.2) is 30.5 Å². The third-order valence-electron chi connectivity index (χ3n) is 2.32. The van der Waals surface area contributed by atoms with Crippen LogP contribution >= 0.6 is 0 Å². The van der Waals surface area contributed by atoms with Crippen molar-refractivity contribution < 1.29 is 15.0 Å². The van der Waals surface area contributed by atoms with E-state index in [1.54, 1.807) is 18.2 Å². The Hall–Kier alpha value is -2.37. The van der Waals surface area contributed by atoms with E-state index in [9.17, 15) is 9.90 Å². The average Bonchev–Trinajstić information content (AvgIpc) is 2.75. The normalized spacial score (nSPS) is 10.4. The van der Waals surface area contributed by atoms with Crippen LogP contribution in [0.4, 0.5) is 0 Å². The lowest BCUT2D eigenvalue weighted by Gasteiger charge is -2.06. The van der Waals surface area contributed by atoms with E-state index in [1.807, 2.05) is 0 Å². The number of phenolic OH excluding ortho intramolecular Hbond substituents is 1. The molecule has 0 fully saturated rings. The van der Waals surface area contributed by atoms with Crippen molar-refractivity contribution in [2.75, 3.05) is 0 Å². The molecule has 1 heterocycles. The summed E-state index contributed by atoms with van der Waals surface area (Å²) >= 11 is 0. The summed E-state index contributed by atoms with van der Waals surface area (Å²) in [6.07, 6.45) is 1.81. The van der Waals surface area contributed by atoms with Crippen LogP contribution < -0.4 is 0 Å². The average molecular weight is 233 g/mol. The van der Waals surface area contributed by atoms with Gasteiger partial charge in [-0.3, -0.25) is 4.79 Å². The summed E-state index contributed by atoms with van der Waals surface area (Å²) in [5.74, 6) is -0.801. The molecule has 6 nitrogen and oxygen atoms in total. The summed E-state index contributed by atoms with van der Waals surface area (Å²) in [4.78, 5) is 10.5. The molecule has 6 heteroatoms. The van der Waals surface area contributed by atoms with Gasteiger partial charge in [-0.25, -0.2) is 4.68 Å². The fourth-order valence-electron chi connectivity index (χ4n) is 1.51. The maximum absolute atomic E-state index is 10.5. The number of benzene rings is 1. The van der Waals surface area contributed by atoms with E-state index in [0.717, 1.165) is 0 Å². The molecule has 1 aromatic carbocycles. The Balaban J connectivity index is 2.31. The van der Waals surface area contributed by atoms with Crippen molar-refractivity contribution in [1.82, 2.24) is 15.0 Å². The first-order chi connectivity index (χ1) is 8.18. The van der Waals surface area contributed by atoms with Gasteiger partial charge in [0.1, 0.15) is 11.4 Å². The van der Waals surface area contributed by atoms with Gasteiger partial charge in [0.25, 0.3) is 0 Å². The molecular weight excluding hydrogens is 222 g/mol. The van der Waals surface area contributed by atoms with Crippen molar-refractivity contribution in [3.05, 3.63) is 36.2 Å². The summed E-state index contributed by atoms with van der Waals surface area (Å²) in [7, 11) is 0. The van der Waals surface area contributed by atoms with Crippen LogP contribution in [-0.2, 0) is 11.2 Å². The number of para-hydroxylation sites is 2. The van der Waals surface area contributed by atoms with Gasteiger partial charge in [-0.15, -0.1) is 5.10 Å². The highest BCUT2D eigenvalue weighted by Gasteiger charge is 2.10. The van der Waals surface area contributed by atoms with Crippen LogP contribution in [0, 0.1) is 0 Å². The molecule has 0 amide bonds. The minimum Gasteiger partial charge on any atom is -0.506 e. The van der Waals surface area contributed by atoms with Crippen molar-refractivity contribution in [2.45, 2.75) is 12.8 Å². The monoisotopic (exact) mass is 233 g/mol. The van der Waals surface area contributed by atoms with E-state index in [1.165, 1.54) is 16.9 Å². The topological polar surface area (TPSA) is 88.2 Å². The maximum atomic E-state index is 10.5. The molecule has 2 rings (SSSR count). The largest absolute Gasteiger partial charge is 0.506 e. The summed E-state index contributed by atoms with van der Waals surface area (Å²) in [5.41, 5.74) is 1.14. The molecule has 0 aliphatic heterocycles. The molecule has 0 atom stereocenters. The molecule has 0 bridgehead atoms. The fourth-order valence-corrected chi connectivity index (χ4v) is 1.51. The predicted molar refractivity (Wildman–Crippen MR) is 59.0 cm³/mol. The van der Waals surface area contributed by atoms with Crippen LogP contribution in [0.2, 0.25) is 0 Å². The number of carboxylic acid groups (broad SMARTS) is 1. The van der Waals surface area contributed by atoms with Gasteiger partial charge in [-0.05, 0) is 12.1 Å². The van der Waals surface area contributed by atoms with E-state index in [-0.39, 0.29) is 12.2 Å². The fraction of sp³-hybridized carbons (Fsp3) is 0.182. The number of carboxylic acids is 1. The highest BCUT2D eigenvalue weighted by Crippen LogP contribution is 2.21. The third kappa shape index (κ3) is 2.41. The Morgan fingerprint density at radius 3 is 2.82 bits per heavy atom. The second kappa shape index (κ2) is 4.65. The van der Waals surface area contributed by atoms with E-state index < -0.39 is 5.97 Å². The van der Waals surface area contributed by atoms with Gasteiger partial charge in [0.15, 0.2) is 0 Å². The van der Waals surface area contributed by atoms with E-state index in [4.69, 9.17) is 5.11 Å². The third-order valence-corrected chi connectivity index (χ3v) is 2.32. The highest BCUT2D eigenvalue weighted by atomic mass is 16.4. The van der Waals surface area contributed by atoms with Crippen LogP contribution in [0.3, 0.4) is 0 Å². The Morgan fingerprint density at radius 2 is 2.12 bits per heavy atom. The molecule has 0 aliphatic carbocycles. The zero-order valence-electron chi connectivity index (χ0n) is 8.95. The summed E-state index contributed by atoms with van der Waals surface area (Å²) in [5, 5.41) is 25.9. The quantitative estimate of drug-likeness (QED) is 0.822. The Bertz CT molecular complexity index is 536. The number of aromatic nitrogens is 3. The molecule has 0 unspecified atom stereocenters. The van der Waals surface area contributed by atoms with Crippen molar-refractivity contribution in [3.63, 3.8) is 0 Å². The molecule has 0 saturated carbocycles. The zero-order chi connectivity index (χ0) is 12.3. The molecule has 2 aromatic rings. The SMILES string of the molecule is O=C(O)CCc1cnnn1-c1ccccc1O. The number of carbonyl (C=O) groups is 1. The Kier molecular flexibility index (Phi) is 3.04. The second-order valence-electron chi connectivity index (χ2n) is 3.52. The van der Waals surface area contributed by atoms with Gasteiger partial charge in [-0.2, -0.15) is 0 Å². The van der Waals surface area contributed by atoms with Crippen molar-refractivity contribution in [1.29, 1.82) is 0 Å². The number of aliphatic carboxylic acids is 1. The van der Waals surface area contributed by atoms with Crippen LogP contribution in [0.5, 0.6) is 5.75 Å². The lowest BCUT2D eigenvalue weighted by atomic mass is 10.2. The van der Waals surface area contributed by atoms with Crippen molar-refractivity contribution in [3.8, 4) is 11.4 Å². The Labute approximate surface area is 97.1 Å². The summed E-state index contributed by atoms with van der Waals surface area (Å²) < 4.78 is 1.44. The molecule has 2 N–H and O–H groups in total. The van der Waals surface area contributed by atoms with Crippen LogP contribution in [0.25, 0.3) is 5.69 Å². The first kappa shape index (κ1) is 11.1. The number of nitrogens with zero attached hydrogens (tertiary/aromatic N) is 3. The number of hydrogen-bond donors (Lipinski definition) is 2. The van der Waals surface area contributed by atoms with Crippen molar-refractivity contribution in [2.24, 2.45) is 0 Å². The standard InChI is InChI=1S/C11H11N3O3/c15-10-4-2-1-3-9(10)14-8(7-12-13-14)5-6-11(16)17/h1-4,7,15H,5-6H2,(H,16,17). The zero-order valence-corrected chi connectivity index (χ0v) is 8.95. The summed E-state index contributed by atoms with van der Waals surface area (Å²) in [6, 6.07) is 6.69. The van der Waals surface area contributed by atoms with Crippen LogP contribution in [-0.4, -0.2) is 31.2 Å². The number of phenols is 1. The number of hydrogen-bond acceptors (Lipinski definition) is 4. The van der Waals surface area contributed by atoms with E-state index in [2.05, 4.69) is 10.3 Å². The first-order valence-corrected chi connectivity index (χ1v) is 5.08. The van der Waals surface area contributed by atoms with Gasteiger partial charge in [-0.1, -0.05) is 17.3 Å². The minimum absolute atomic E-state index is 0.000961. The summed E-state index contributed by atoms with van der Waals surface area (Å²) in [6.45, 7) is 0. The molecule has 0 spiro atoms. The van der Waals surface area contributed by atoms with Gasteiger partial charge in [0.2, 0.25) is 0 Å². The van der Waals surface area contributed by atoms with Gasteiger partial charge >= 0.3 is 5.97 Å². The lowest BCUT2D eigenvalue weighted by Crippen LogP contribution is -2.05. The minimum atomic E-state index is -0.880. The maximum Gasteiger partial charge on any atom is 0.303 e. The molecule has 0 saturated heterocycles. The molecular formula is C11H11N3O3. The first-order valence-electron chi connectivity index (χ1n) is 5.08. The molecule has 88 valence electrons. The lowest BCUT2D eigenvalue weighted by molar-refractivity contribution is -0.136. The van der Waals surface area contributed by atoms with E-state index in [0.29, 0.717) is 17.8 Å². The number of aromatic hydroxyl groups is 1. The number of rotatable bonds is 4. The molecule has 0 radical (unpaired) electrons. The Morgan fingerprint density at radius 1 is 1.35 bits per heavy atom.